The Morgan fingerprint density at radius 1 is 1.27 bits per heavy atom. The van der Waals surface area contributed by atoms with Crippen molar-refractivity contribution in [3.63, 3.8) is 0 Å². The number of carbonyl (C=O) groups is 1. The molecular weight excluding hydrogens is 276 g/mol. The summed E-state index contributed by atoms with van der Waals surface area (Å²) >= 11 is 0. The molecule has 2 rings (SSSR count). The van der Waals surface area contributed by atoms with Crippen LogP contribution in [0, 0.1) is 5.92 Å². The van der Waals surface area contributed by atoms with Crippen molar-refractivity contribution in [1.82, 2.24) is 9.80 Å². The Labute approximate surface area is 135 Å². The van der Waals surface area contributed by atoms with Crippen LogP contribution in [0.3, 0.4) is 0 Å². The molecule has 0 aliphatic carbocycles. The highest BCUT2D eigenvalue weighted by molar-refractivity contribution is 5.69. The Kier molecular flexibility index (Phi) is 6.90. The number of nitrogens with zero attached hydrogens (tertiary/aromatic N) is 2. The van der Waals surface area contributed by atoms with Gasteiger partial charge in [0.1, 0.15) is 0 Å². The maximum Gasteiger partial charge on any atom is 0.305 e. The molecule has 0 amide bonds. The molecule has 0 radical (unpaired) electrons. The predicted octanol–water partition coefficient (Wildman–Crippen LogP) is 2.69. The minimum Gasteiger partial charge on any atom is -0.469 e. The Morgan fingerprint density at radius 2 is 2.00 bits per heavy atom. The van der Waals surface area contributed by atoms with Crippen LogP contribution in [0.1, 0.15) is 46.0 Å². The zero-order valence-corrected chi connectivity index (χ0v) is 14.5. The zero-order chi connectivity index (χ0) is 15.9. The van der Waals surface area contributed by atoms with Crippen LogP contribution in [0.4, 0.5) is 0 Å². The second-order valence-electron chi connectivity index (χ2n) is 6.84. The molecule has 0 saturated carbocycles. The van der Waals surface area contributed by atoms with E-state index >= 15 is 0 Å². The fraction of sp³-hybridized carbons (Fsp3) is 0.833. The first-order valence-corrected chi connectivity index (χ1v) is 8.79. The summed E-state index contributed by atoms with van der Waals surface area (Å²) in [5.74, 6) is 0.525. The van der Waals surface area contributed by atoms with Crippen molar-refractivity contribution in [2.75, 3.05) is 39.8 Å². The second kappa shape index (κ2) is 8.68. The number of ether oxygens (including phenoxy) is 1. The third-order valence-electron chi connectivity index (χ3n) is 5.30. The maximum atomic E-state index is 11.5. The smallest absolute Gasteiger partial charge is 0.305 e. The fourth-order valence-corrected chi connectivity index (χ4v) is 3.93. The van der Waals surface area contributed by atoms with E-state index in [1.807, 2.05) is 0 Å². The van der Waals surface area contributed by atoms with Crippen LogP contribution < -0.4 is 0 Å². The van der Waals surface area contributed by atoms with Gasteiger partial charge in [0.05, 0.1) is 7.11 Å². The highest BCUT2D eigenvalue weighted by atomic mass is 16.5. The molecule has 0 N–H and O–H groups in total. The molecule has 0 aromatic rings. The summed E-state index contributed by atoms with van der Waals surface area (Å²) in [4.78, 5) is 16.8. The number of esters is 1. The van der Waals surface area contributed by atoms with Gasteiger partial charge in [0.25, 0.3) is 0 Å². The lowest BCUT2D eigenvalue weighted by molar-refractivity contribution is -0.141. The van der Waals surface area contributed by atoms with E-state index < -0.39 is 0 Å². The summed E-state index contributed by atoms with van der Waals surface area (Å²) in [6.07, 6.45) is 7.63. The van der Waals surface area contributed by atoms with Crippen LogP contribution in [-0.2, 0) is 9.53 Å². The minimum atomic E-state index is -0.0677. The summed E-state index contributed by atoms with van der Waals surface area (Å²) in [5, 5.41) is 0. The first-order chi connectivity index (χ1) is 10.6. The van der Waals surface area contributed by atoms with Gasteiger partial charge in [0.2, 0.25) is 0 Å². The highest BCUT2D eigenvalue weighted by Gasteiger charge is 2.34. The van der Waals surface area contributed by atoms with Crippen LogP contribution in [0.2, 0.25) is 0 Å². The molecule has 0 spiro atoms. The highest BCUT2D eigenvalue weighted by Crippen LogP contribution is 2.29. The number of allylic oxidation sites excluding steroid dienone is 1. The van der Waals surface area contributed by atoms with Crippen LogP contribution in [0.15, 0.2) is 11.6 Å². The molecule has 4 nitrogen and oxygen atoms in total. The first kappa shape index (κ1) is 17.5. The predicted molar refractivity (Wildman–Crippen MR) is 89.8 cm³/mol. The third-order valence-corrected chi connectivity index (χ3v) is 5.30. The average Bonchev–Trinajstić information content (AvgIpc) is 3.06. The monoisotopic (exact) mass is 308 g/mol. The number of carbonyl (C=O) groups excluding carboxylic acids is 1. The molecule has 22 heavy (non-hydrogen) atoms. The standard InChI is InChI=1S/C18H32N2O2/c1-4-15(2)13-19-12-9-17(20-10-5-6-11-20)16(14-19)7-8-18(21)22-3/h4,16-17H,5-14H2,1-3H3/b15-4+/t16-,17+/m1/s1. The van der Waals surface area contributed by atoms with Crippen molar-refractivity contribution >= 4 is 5.97 Å². The molecule has 4 heteroatoms. The van der Waals surface area contributed by atoms with Gasteiger partial charge in [0.15, 0.2) is 0 Å². The summed E-state index contributed by atoms with van der Waals surface area (Å²) in [5.41, 5.74) is 1.44. The quantitative estimate of drug-likeness (QED) is 0.558. The lowest BCUT2D eigenvalue weighted by atomic mass is 9.87. The molecule has 0 bridgehead atoms. The van der Waals surface area contributed by atoms with Crippen molar-refractivity contribution in [1.29, 1.82) is 0 Å². The van der Waals surface area contributed by atoms with Gasteiger partial charge < -0.3 is 9.64 Å². The van der Waals surface area contributed by atoms with Gasteiger partial charge in [-0.15, -0.1) is 0 Å². The number of rotatable bonds is 6. The van der Waals surface area contributed by atoms with E-state index in [4.69, 9.17) is 4.74 Å². The zero-order valence-electron chi connectivity index (χ0n) is 14.5. The summed E-state index contributed by atoms with van der Waals surface area (Å²) in [6, 6.07) is 0.661. The van der Waals surface area contributed by atoms with E-state index in [9.17, 15) is 4.79 Å². The molecule has 0 aromatic heterocycles. The van der Waals surface area contributed by atoms with E-state index in [1.165, 1.54) is 51.6 Å². The SMILES string of the molecule is C/C=C(\C)CN1CC[C@H](N2CCCC2)[C@H](CCC(=O)OC)C1. The number of likely N-dealkylation sites (tertiary alicyclic amines) is 2. The number of hydrogen-bond donors (Lipinski definition) is 0. The summed E-state index contributed by atoms with van der Waals surface area (Å²) in [6.45, 7) is 10.2. The number of methoxy groups -OCH3 is 1. The Balaban J connectivity index is 1.95. The van der Waals surface area contributed by atoms with Crippen LogP contribution in [-0.4, -0.2) is 61.6 Å². The second-order valence-corrected chi connectivity index (χ2v) is 6.84. The number of hydrogen-bond acceptors (Lipinski definition) is 4. The topological polar surface area (TPSA) is 32.8 Å². The van der Waals surface area contributed by atoms with E-state index in [0.717, 1.165) is 19.5 Å². The molecule has 0 aromatic carbocycles. The van der Waals surface area contributed by atoms with Gasteiger partial charge >= 0.3 is 5.97 Å². The van der Waals surface area contributed by atoms with Crippen LogP contribution in [0.25, 0.3) is 0 Å². The summed E-state index contributed by atoms with van der Waals surface area (Å²) < 4.78 is 4.84. The van der Waals surface area contributed by atoms with E-state index in [0.29, 0.717) is 18.4 Å². The largest absolute Gasteiger partial charge is 0.469 e. The average molecular weight is 308 g/mol. The summed E-state index contributed by atoms with van der Waals surface area (Å²) in [7, 11) is 1.49. The van der Waals surface area contributed by atoms with Crippen molar-refractivity contribution in [3.8, 4) is 0 Å². The minimum absolute atomic E-state index is 0.0677. The molecule has 2 fully saturated rings. The van der Waals surface area contributed by atoms with E-state index in [-0.39, 0.29) is 5.97 Å². The lowest BCUT2D eigenvalue weighted by Crippen LogP contribution is -2.50. The Hall–Kier alpha value is -0.870. The van der Waals surface area contributed by atoms with E-state index in [2.05, 4.69) is 29.7 Å². The van der Waals surface area contributed by atoms with Crippen molar-refractivity contribution in [3.05, 3.63) is 11.6 Å². The molecule has 2 aliphatic rings. The Morgan fingerprint density at radius 3 is 2.64 bits per heavy atom. The molecule has 2 saturated heterocycles. The normalized spacial score (nSPS) is 28.0. The van der Waals surface area contributed by atoms with Crippen LogP contribution in [0.5, 0.6) is 0 Å². The molecule has 0 unspecified atom stereocenters. The molecular formula is C18H32N2O2. The molecule has 2 heterocycles. The van der Waals surface area contributed by atoms with Gasteiger partial charge in [-0.2, -0.15) is 0 Å². The van der Waals surface area contributed by atoms with Gasteiger partial charge in [-0.05, 0) is 65.1 Å². The van der Waals surface area contributed by atoms with Gasteiger partial charge in [-0.1, -0.05) is 11.6 Å². The lowest BCUT2D eigenvalue weighted by Gasteiger charge is -2.43. The van der Waals surface area contributed by atoms with Gasteiger partial charge in [0, 0.05) is 25.6 Å². The van der Waals surface area contributed by atoms with Gasteiger partial charge in [-0.25, -0.2) is 0 Å². The van der Waals surface area contributed by atoms with Crippen LogP contribution >= 0.6 is 0 Å². The Bertz CT molecular complexity index is 389. The fourth-order valence-electron chi connectivity index (χ4n) is 3.93. The van der Waals surface area contributed by atoms with Crippen molar-refractivity contribution in [2.24, 2.45) is 5.92 Å². The van der Waals surface area contributed by atoms with E-state index in [1.54, 1.807) is 0 Å². The molecule has 2 atom stereocenters. The first-order valence-electron chi connectivity index (χ1n) is 8.79. The third kappa shape index (κ3) is 4.82. The molecule has 126 valence electrons. The van der Waals surface area contributed by atoms with Crippen molar-refractivity contribution < 1.29 is 9.53 Å². The number of piperidine rings is 1. The molecule has 2 aliphatic heterocycles. The van der Waals surface area contributed by atoms with Gasteiger partial charge in [-0.3, -0.25) is 9.69 Å². The van der Waals surface area contributed by atoms with Crippen molar-refractivity contribution in [2.45, 2.75) is 52.0 Å². The maximum absolute atomic E-state index is 11.5.